The number of hydrogen-bond donors (Lipinski definition) is 6. The Balaban J connectivity index is 1.52. The van der Waals surface area contributed by atoms with Gasteiger partial charge in [-0.15, -0.1) is 0 Å². The van der Waals surface area contributed by atoms with Gasteiger partial charge < -0.3 is 35.3 Å². The second-order valence-electron chi connectivity index (χ2n) is 7.14. The highest BCUT2D eigenvalue weighted by Crippen LogP contribution is 2.34. The van der Waals surface area contributed by atoms with Crippen molar-refractivity contribution < 1.29 is 29.5 Å². The first-order valence-electron chi connectivity index (χ1n) is 9.55. The van der Waals surface area contributed by atoms with Gasteiger partial charge in [0.2, 0.25) is 18.7 Å². The van der Waals surface area contributed by atoms with Gasteiger partial charge in [-0.1, -0.05) is 0 Å². The summed E-state index contributed by atoms with van der Waals surface area (Å²) in [6.45, 7) is -0.379. The highest BCUT2D eigenvalue weighted by atomic mass is 16.7. The summed E-state index contributed by atoms with van der Waals surface area (Å²) in [6, 6.07) is 5.24. The zero-order chi connectivity index (χ0) is 22.4. The van der Waals surface area contributed by atoms with Crippen molar-refractivity contribution in [1.82, 2.24) is 19.5 Å². The monoisotopic (exact) mass is 445 g/mol. The van der Waals surface area contributed by atoms with Gasteiger partial charge in [0.1, 0.15) is 18.3 Å². The molecule has 2 aliphatic rings. The van der Waals surface area contributed by atoms with Crippen molar-refractivity contribution in [2.24, 2.45) is 5.10 Å². The van der Waals surface area contributed by atoms with Gasteiger partial charge in [-0.3, -0.25) is 14.3 Å². The largest absolute Gasteiger partial charge is 0.454 e. The SMILES string of the molecule is Nc1nc2c(nc(NN=Cc3ccc4c(c3)OCO4)n2C2OC(CO)C(O)C2O)c(=O)[nH]1. The van der Waals surface area contributed by atoms with Gasteiger partial charge in [0.05, 0.1) is 12.8 Å². The molecule has 32 heavy (non-hydrogen) atoms. The Hall–Kier alpha value is -3.72. The lowest BCUT2D eigenvalue weighted by Crippen LogP contribution is -2.33. The molecule has 1 aromatic carbocycles. The average Bonchev–Trinajstić information content (AvgIpc) is 3.45. The van der Waals surface area contributed by atoms with Crippen LogP contribution < -0.4 is 26.2 Å². The predicted octanol–water partition coefficient (Wildman–Crippen LogP) is -1.51. The minimum absolute atomic E-state index is 0.00173. The van der Waals surface area contributed by atoms with Crippen LogP contribution in [-0.4, -0.2) is 72.8 Å². The number of benzene rings is 1. The van der Waals surface area contributed by atoms with Crippen LogP contribution in [-0.2, 0) is 4.74 Å². The van der Waals surface area contributed by atoms with Gasteiger partial charge in [0.15, 0.2) is 28.9 Å². The maximum atomic E-state index is 12.3. The van der Waals surface area contributed by atoms with Crippen molar-refractivity contribution in [1.29, 1.82) is 0 Å². The number of imidazole rings is 1. The first kappa shape index (κ1) is 20.2. The molecule has 14 heteroatoms. The van der Waals surface area contributed by atoms with E-state index in [9.17, 15) is 20.1 Å². The fourth-order valence-electron chi connectivity index (χ4n) is 3.57. The Morgan fingerprint density at radius 3 is 2.88 bits per heavy atom. The van der Waals surface area contributed by atoms with Crippen molar-refractivity contribution in [3.8, 4) is 11.5 Å². The molecule has 4 unspecified atom stereocenters. The number of rotatable bonds is 5. The van der Waals surface area contributed by atoms with Crippen LogP contribution in [0, 0.1) is 0 Å². The summed E-state index contributed by atoms with van der Waals surface area (Å²) in [4.78, 5) is 22.9. The number of hydrogen-bond acceptors (Lipinski definition) is 12. The number of H-pyrrole nitrogens is 1. The molecule has 0 spiro atoms. The summed E-state index contributed by atoms with van der Waals surface area (Å²) in [7, 11) is 0. The summed E-state index contributed by atoms with van der Waals surface area (Å²) in [5.74, 6) is 1.03. The molecule has 2 aromatic heterocycles. The summed E-state index contributed by atoms with van der Waals surface area (Å²) in [6.07, 6.45) is -3.59. The Kier molecular flexibility index (Phi) is 4.90. The van der Waals surface area contributed by atoms with Crippen LogP contribution >= 0.6 is 0 Å². The standard InChI is InChI=1S/C18H19N7O7/c19-17-22-14-11(15(29)23-17)21-18(25(14)16-13(28)12(27)10(5-26)32-16)24-20-4-7-1-2-8-9(3-7)31-6-30-8/h1-4,10,12-13,16,26-28H,5-6H2,(H,21,24)(H3,19,22,23,29). The third-order valence-corrected chi connectivity index (χ3v) is 5.12. The van der Waals surface area contributed by atoms with E-state index in [1.807, 2.05) is 0 Å². The van der Waals surface area contributed by atoms with Crippen LogP contribution in [0.3, 0.4) is 0 Å². The average molecular weight is 445 g/mol. The quantitative estimate of drug-likeness (QED) is 0.197. The van der Waals surface area contributed by atoms with E-state index in [2.05, 4.69) is 25.5 Å². The molecule has 0 saturated carbocycles. The molecular weight excluding hydrogens is 426 g/mol. The Morgan fingerprint density at radius 1 is 1.28 bits per heavy atom. The van der Waals surface area contributed by atoms with Gasteiger partial charge >= 0.3 is 0 Å². The Morgan fingerprint density at radius 2 is 2.09 bits per heavy atom. The lowest BCUT2D eigenvalue weighted by Gasteiger charge is -2.18. The maximum absolute atomic E-state index is 12.3. The van der Waals surface area contributed by atoms with Gasteiger partial charge in [-0.25, -0.2) is 10.4 Å². The molecule has 3 aromatic rings. The minimum atomic E-state index is -1.44. The molecule has 168 valence electrons. The first-order valence-corrected chi connectivity index (χ1v) is 9.55. The molecule has 2 aliphatic heterocycles. The number of anilines is 2. The van der Waals surface area contributed by atoms with E-state index < -0.39 is 36.7 Å². The van der Waals surface area contributed by atoms with Crippen molar-refractivity contribution in [3.05, 3.63) is 34.1 Å². The van der Waals surface area contributed by atoms with Gasteiger partial charge in [-0.2, -0.15) is 10.1 Å². The molecule has 14 nitrogen and oxygen atoms in total. The van der Waals surface area contributed by atoms with E-state index in [1.165, 1.54) is 10.8 Å². The number of aromatic nitrogens is 4. The summed E-state index contributed by atoms with van der Waals surface area (Å²) >= 11 is 0. The topological polar surface area (TPSA) is 202 Å². The van der Waals surface area contributed by atoms with E-state index >= 15 is 0 Å². The van der Waals surface area contributed by atoms with Gasteiger partial charge in [0, 0.05) is 0 Å². The van der Waals surface area contributed by atoms with E-state index in [-0.39, 0.29) is 29.9 Å². The van der Waals surface area contributed by atoms with Crippen LogP contribution in [0.5, 0.6) is 11.5 Å². The first-order chi connectivity index (χ1) is 15.5. The lowest BCUT2D eigenvalue weighted by molar-refractivity contribution is -0.0501. The zero-order valence-corrected chi connectivity index (χ0v) is 16.4. The van der Waals surface area contributed by atoms with Crippen LogP contribution in [0.15, 0.2) is 28.1 Å². The van der Waals surface area contributed by atoms with Crippen LogP contribution in [0.4, 0.5) is 11.9 Å². The van der Waals surface area contributed by atoms with E-state index in [4.69, 9.17) is 19.9 Å². The molecule has 0 aliphatic carbocycles. The maximum Gasteiger partial charge on any atom is 0.280 e. The van der Waals surface area contributed by atoms with Crippen LogP contribution in [0.2, 0.25) is 0 Å². The van der Waals surface area contributed by atoms with Crippen molar-refractivity contribution in [3.63, 3.8) is 0 Å². The fourth-order valence-corrected chi connectivity index (χ4v) is 3.57. The van der Waals surface area contributed by atoms with E-state index in [0.29, 0.717) is 17.1 Å². The number of nitrogens with two attached hydrogens (primary N) is 1. The fraction of sp³-hybridized carbons (Fsp3) is 0.333. The molecular formula is C18H19N7O7. The number of aromatic amines is 1. The highest BCUT2D eigenvalue weighted by molar-refractivity contribution is 5.82. The minimum Gasteiger partial charge on any atom is -0.454 e. The molecule has 0 amide bonds. The second kappa shape index (κ2) is 7.76. The molecule has 0 bridgehead atoms. The number of hydrazone groups is 1. The molecule has 7 N–H and O–H groups in total. The molecule has 4 atom stereocenters. The summed E-state index contributed by atoms with van der Waals surface area (Å²) in [5, 5.41) is 34.2. The number of nitrogens with zero attached hydrogens (tertiary/aromatic N) is 4. The Labute approximate surface area is 178 Å². The number of nitrogens with one attached hydrogen (secondary N) is 2. The number of aliphatic hydroxyl groups is 3. The molecule has 0 radical (unpaired) electrons. The van der Waals surface area contributed by atoms with Crippen LogP contribution in [0.25, 0.3) is 11.2 Å². The number of nitrogen functional groups attached to an aromatic ring is 1. The second-order valence-corrected chi connectivity index (χ2v) is 7.14. The van der Waals surface area contributed by atoms with Crippen molar-refractivity contribution in [2.45, 2.75) is 24.5 Å². The summed E-state index contributed by atoms with van der Waals surface area (Å²) in [5.41, 5.74) is 8.35. The van der Waals surface area contributed by atoms with E-state index in [1.54, 1.807) is 18.2 Å². The van der Waals surface area contributed by atoms with Gasteiger partial charge in [-0.05, 0) is 23.8 Å². The number of ether oxygens (including phenoxy) is 3. The predicted molar refractivity (Wildman–Crippen MR) is 109 cm³/mol. The Bertz CT molecular complexity index is 1260. The van der Waals surface area contributed by atoms with Crippen molar-refractivity contribution >= 4 is 29.3 Å². The normalized spacial score (nSPS) is 24.6. The number of aliphatic hydroxyl groups excluding tert-OH is 3. The summed E-state index contributed by atoms with van der Waals surface area (Å²) < 4.78 is 17.4. The third kappa shape index (κ3) is 3.31. The number of fused-ring (bicyclic) bond motifs is 2. The molecule has 1 fully saturated rings. The smallest absolute Gasteiger partial charge is 0.280 e. The molecule has 4 heterocycles. The highest BCUT2D eigenvalue weighted by Gasteiger charge is 2.45. The van der Waals surface area contributed by atoms with Gasteiger partial charge in [0.25, 0.3) is 5.56 Å². The van der Waals surface area contributed by atoms with Crippen LogP contribution in [0.1, 0.15) is 11.8 Å². The van der Waals surface area contributed by atoms with Crippen molar-refractivity contribution in [2.75, 3.05) is 24.6 Å². The zero-order valence-electron chi connectivity index (χ0n) is 16.4. The third-order valence-electron chi connectivity index (χ3n) is 5.12. The lowest BCUT2D eigenvalue weighted by atomic mass is 10.1. The molecule has 5 rings (SSSR count). The molecule has 1 saturated heterocycles. The van der Waals surface area contributed by atoms with E-state index in [0.717, 1.165) is 0 Å².